The van der Waals surface area contributed by atoms with Gasteiger partial charge in [-0.25, -0.2) is 0 Å². The summed E-state index contributed by atoms with van der Waals surface area (Å²) in [6.45, 7) is 1.70. The number of carboxylic acids is 1. The van der Waals surface area contributed by atoms with Crippen molar-refractivity contribution >= 4 is 18.0 Å². The molecule has 1 aliphatic rings. The van der Waals surface area contributed by atoms with Crippen molar-refractivity contribution < 1.29 is 19.1 Å². The lowest BCUT2D eigenvalue weighted by Gasteiger charge is -2.15. The molecule has 5 nitrogen and oxygen atoms in total. The summed E-state index contributed by atoms with van der Waals surface area (Å²) in [6.07, 6.45) is 9.07. The predicted molar refractivity (Wildman–Crippen MR) is 77.3 cm³/mol. The Morgan fingerprint density at radius 3 is 2.86 bits per heavy atom. The number of carboxylic acid groups (broad SMARTS) is 1. The Morgan fingerprint density at radius 1 is 1.57 bits per heavy atom. The lowest BCUT2D eigenvalue weighted by molar-refractivity contribution is -0.142. The molecular weight excluding hydrogens is 270 g/mol. The van der Waals surface area contributed by atoms with Crippen LogP contribution in [0.1, 0.15) is 30.8 Å². The summed E-state index contributed by atoms with van der Waals surface area (Å²) >= 11 is 0. The maximum atomic E-state index is 11.9. The minimum atomic E-state index is -1.10. The molecule has 1 aliphatic carbocycles. The van der Waals surface area contributed by atoms with E-state index in [9.17, 15) is 9.59 Å². The molecule has 110 valence electrons. The average molecular weight is 287 g/mol. The van der Waals surface area contributed by atoms with Crippen LogP contribution in [0.25, 0.3) is 6.08 Å². The van der Waals surface area contributed by atoms with Crippen molar-refractivity contribution in [3.8, 4) is 12.3 Å². The highest BCUT2D eigenvalue weighted by Crippen LogP contribution is 2.47. The zero-order chi connectivity index (χ0) is 15.4. The number of aliphatic carboxylic acids is 1. The molecule has 2 rings (SSSR count). The van der Waals surface area contributed by atoms with Crippen molar-refractivity contribution in [1.29, 1.82) is 0 Å². The summed E-state index contributed by atoms with van der Waals surface area (Å²) in [7, 11) is 0. The second-order valence-electron chi connectivity index (χ2n) is 5.19. The molecule has 21 heavy (non-hydrogen) atoms. The molecule has 1 amide bonds. The topological polar surface area (TPSA) is 70.8 Å². The van der Waals surface area contributed by atoms with Crippen LogP contribution in [0.15, 0.2) is 22.6 Å². The number of amides is 1. The highest BCUT2D eigenvalue weighted by Gasteiger charge is 2.36. The van der Waals surface area contributed by atoms with Gasteiger partial charge in [0, 0.05) is 12.0 Å². The molecular formula is C16H17NO4. The molecule has 0 aromatic carbocycles. The number of hydrogen-bond donors (Lipinski definition) is 1. The Labute approximate surface area is 123 Å². The molecule has 2 atom stereocenters. The van der Waals surface area contributed by atoms with Crippen LogP contribution >= 0.6 is 0 Å². The average Bonchev–Trinajstić information content (AvgIpc) is 2.98. The Kier molecular flexibility index (Phi) is 4.49. The Bertz CT molecular complexity index is 608. The molecule has 1 heterocycles. The second kappa shape index (κ2) is 6.31. The Hall–Kier alpha value is -2.48. The summed E-state index contributed by atoms with van der Waals surface area (Å²) in [5, 5.41) is 8.74. The van der Waals surface area contributed by atoms with Crippen LogP contribution in [0, 0.1) is 18.3 Å². The van der Waals surface area contributed by atoms with Gasteiger partial charge in [-0.2, -0.15) is 0 Å². The molecule has 0 bridgehead atoms. The van der Waals surface area contributed by atoms with Crippen LogP contribution in [0.5, 0.6) is 0 Å². The standard InChI is InChI=1S/C16H17NO4/c1-3-8-17(10-16(19)20)15(18)7-5-12-4-6-14(21-12)13-9-11(13)2/h1,4-7,11,13H,8-10H2,2H3,(H,19,20). The second-order valence-corrected chi connectivity index (χ2v) is 5.19. The normalized spacial score (nSPS) is 20.2. The third-order valence-electron chi connectivity index (χ3n) is 3.43. The van der Waals surface area contributed by atoms with E-state index in [1.165, 1.54) is 12.2 Å². The van der Waals surface area contributed by atoms with Crippen molar-refractivity contribution in [1.82, 2.24) is 4.90 Å². The molecule has 2 unspecified atom stereocenters. The zero-order valence-corrected chi connectivity index (χ0v) is 11.8. The van der Waals surface area contributed by atoms with Gasteiger partial charge in [0.15, 0.2) is 0 Å². The molecule has 1 aromatic heterocycles. The summed E-state index contributed by atoms with van der Waals surface area (Å²) in [5.41, 5.74) is 0. The first kappa shape index (κ1) is 14.9. The molecule has 1 fully saturated rings. The number of rotatable bonds is 6. The van der Waals surface area contributed by atoms with E-state index in [1.54, 1.807) is 6.07 Å². The number of furan rings is 1. The number of hydrogen-bond acceptors (Lipinski definition) is 3. The fraction of sp³-hybridized carbons (Fsp3) is 0.375. The molecule has 5 heteroatoms. The highest BCUT2D eigenvalue weighted by molar-refractivity contribution is 5.93. The molecule has 0 aliphatic heterocycles. The number of nitrogens with zero attached hydrogens (tertiary/aromatic N) is 1. The first-order valence-corrected chi connectivity index (χ1v) is 6.73. The molecule has 1 aromatic rings. The Balaban J connectivity index is 1.98. The predicted octanol–water partition coefficient (Wildman–Crippen LogP) is 1.96. The van der Waals surface area contributed by atoms with E-state index in [4.69, 9.17) is 15.9 Å². The number of terminal acetylenes is 1. The van der Waals surface area contributed by atoms with Gasteiger partial charge in [-0.3, -0.25) is 9.59 Å². The third kappa shape index (κ3) is 3.99. The van der Waals surface area contributed by atoms with Gasteiger partial charge in [0.05, 0.1) is 6.54 Å². The van der Waals surface area contributed by atoms with Gasteiger partial charge in [-0.15, -0.1) is 6.42 Å². The summed E-state index contributed by atoms with van der Waals surface area (Å²) in [5.74, 6) is 3.35. The van der Waals surface area contributed by atoms with E-state index >= 15 is 0 Å². The molecule has 1 saturated carbocycles. The van der Waals surface area contributed by atoms with E-state index in [0.717, 1.165) is 17.1 Å². The maximum Gasteiger partial charge on any atom is 0.323 e. The van der Waals surface area contributed by atoms with Crippen molar-refractivity contribution in [3.63, 3.8) is 0 Å². The lowest BCUT2D eigenvalue weighted by atomic mass is 10.3. The number of carbonyl (C=O) groups is 2. The van der Waals surface area contributed by atoms with E-state index in [-0.39, 0.29) is 6.54 Å². The zero-order valence-electron chi connectivity index (χ0n) is 11.8. The Morgan fingerprint density at radius 2 is 2.29 bits per heavy atom. The summed E-state index contributed by atoms with van der Waals surface area (Å²) < 4.78 is 5.64. The largest absolute Gasteiger partial charge is 0.480 e. The van der Waals surface area contributed by atoms with E-state index < -0.39 is 18.4 Å². The van der Waals surface area contributed by atoms with Gasteiger partial charge in [0.1, 0.15) is 18.1 Å². The SMILES string of the molecule is C#CCN(CC(=O)O)C(=O)C=Cc1ccc(C2CC2C)o1. The van der Waals surface area contributed by atoms with Crippen LogP contribution in [0.2, 0.25) is 0 Å². The molecule has 0 spiro atoms. The van der Waals surface area contributed by atoms with E-state index in [0.29, 0.717) is 17.6 Å². The highest BCUT2D eigenvalue weighted by atomic mass is 16.4. The van der Waals surface area contributed by atoms with Gasteiger partial charge < -0.3 is 14.4 Å². The van der Waals surface area contributed by atoms with E-state index in [1.807, 2.05) is 6.07 Å². The molecule has 1 N–H and O–H groups in total. The first-order valence-electron chi connectivity index (χ1n) is 6.73. The minimum absolute atomic E-state index is 0.0432. The third-order valence-corrected chi connectivity index (χ3v) is 3.43. The smallest absolute Gasteiger partial charge is 0.323 e. The van der Waals surface area contributed by atoms with Gasteiger partial charge in [-0.1, -0.05) is 12.8 Å². The number of carbonyl (C=O) groups excluding carboxylic acids is 1. The van der Waals surface area contributed by atoms with Crippen molar-refractivity contribution in [3.05, 3.63) is 29.7 Å². The molecule has 0 saturated heterocycles. The lowest BCUT2D eigenvalue weighted by Crippen LogP contribution is -2.34. The van der Waals surface area contributed by atoms with Gasteiger partial charge in [-0.05, 0) is 30.5 Å². The van der Waals surface area contributed by atoms with E-state index in [2.05, 4.69) is 12.8 Å². The quantitative estimate of drug-likeness (QED) is 0.641. The maximum absolute atomic E-state index is 11.9. The molecule has 0 radical (unpaired) electrons. The van der Waals surface area contributed by atoms with Crippen LogP contribution in [-0.2, 0) is 9.59 Å². The van der Waals surface area contributed by atoms with Gasteiger partial charge >= 0.3 is 5.97 Å². The minimum Gasteiger partial charge on any atom is -0.480 e. The van der Waals surface area contributed by atoms with Crippen molar-refractivity contribution in [2.45, 2.75) is 19.3 Å². The van der Waals surface area contributed by atoms with Gasteiger partial charge in [0.25, 0.3) is 0 Å². The fourth-order valence-electron chi connectivity index (χ4n) is 2.12. The first-order chi connectivity index (χ1) is 10.0. The monoisotopic (exact) mass is 287 g/mol. The van der Waals surface area contributed by atoms with Gasteiger partial charge in [0.2, 0.25) is 5.91 Å². The van der Waals surface area contributed by atoms with Crippen LogP contribution in [0.4, 0.5) is 0 Å². The summed E-state index contributed by atoms with van der Waals surface area (Å²) in [6, 6.07) is 3.71. The van der Waals surface area contributed by atoms with Crippen LogP contribution in [0.3, 0.4) is 0 Å². The van der Waals surface area contributed by atoms with Crippen LogP contribution in [-0.4, -0.2) is 35.0 Å². The van der Waals surface area contributed by atoms with Crippen molar-refractivity contribution in [2.24, 2.45) is 5.92 Å². The van der Waals surface area contributed by atoms with Crippen molar-refractivity contribution in [2.75, 3.05) is 13.1 Å². The fourth-order valence-corrected chi connectivity index (χ4v) is 2.12. The summed E-state index contributed by atoms with van der Waals surface area (Å²) in [4.78, 5) is 23.6. The van der Waals surface area contributed by atoms with Crippen LogP contribution < -0.4 is 0 Å².